The largest absolute Gasteiger partial charge is 0.462 e. The van der Waals surface area contributed by atoms with Gasteiger partial charge in [0.1, 0.15) is 6.10 Å². The van der Waals surface area contributed by atoms with Crippen LogP contribution in [0.5, 0.6) is 0 Å². The van der Waals surface area contributed by atoms with Crippen molar-refractivity contribution in [1.29, 1.82) is 0 Å². The Kier molecular flexibility index (Phi) is 18.4. The van der Waals surface area contributed by atoms with Crippen LogP contribution in [-0.2, 0) is 9.53 Å². The van der Waals surface area contributed by atoms with Gasteiger partial charge in [-0.25, -0.2) is 0 Å². The van der Waals surface area contributed by atoms with Crippen LogP contribution in [0.15, 0.2) is 36.0 Å². The minimum atomic E-state index is 0.0582. The van der Waals surface area contributed by atoms with Gasteiger partial charge in [-0.05, 0) is 130 Å². The van der Waals surface area contributed by atoms with Crippen molar-refractivity contribution >= 4 is 5.97 Å². The highest BCUT2D eigenvalue weighted by Gasteiger charge is 2.59. The van der Waals surface area contributed by atoms with Crippen molar-refractivity contribution in [3.05, 3.63) is 36.0 Å². The van der Waals surface area contributed by atoms with Crippen LogP contribution in [0.1, 0.15) is 215 Å². The van der Waals surface area contributed by atoms with E-state index >= 15 is 0 Å². The molecular formula is C49H84O2. The van der Waals surface area contributed by atoms with E-state index in [2.05, 4.69) is 71.9 Å². The summed E-state index contributed by atoms with van der Waals surface area (Å²) in [4.78, 5) is 12.9. The first-order valence-corrected chi connectivity index (χ1v) is 22.9. The molecule has 292 valence electrons. The summed E-state index contributed by atoms with van der Waals surface area (Å²) < 4.78 is 6.14. The second-order valence-electron chi connectivity index (χ2n) is 19.0. The number of carbonyl (C=O) groups is 1. The van der Waals surface area contributed by atoms with Crippen LogP contribution in [0.3, 0.4) is 0 Å². The molecule has 0 amide bonds. The number of rotatable bonds is 24. The molecule has 3 saturated carbocycles. The number of ether oxygens (including phenoxy) is 1. The van der Waals surface area contributed by atoms with Crippen molar-refractivity contribution in [3.8, 4) is 0 Å². The zero-order chi connectivity index (χ0) is 36.5. The molecule has 0 saturated heterocycles. The zero-order valence-electron chi connectivity index (χ0n) is 34.8. The van der Waals surface area contributed by atoms with Crippen molar-refractivity contribution < 1.29 is 9.53 Å². The van der Waals surface area contributed by atoms with Gasteiger partial charge < -0.3 is 4.74 Å². The summed E-state index contributed by atoms with van der Waals surface area (Å²) in [7, 11) is 0. The number of fused-ring (bicyclic) bond motifs is 5. The molecule has 2 nitrogen and oxygen atoms in total. The Labute approximate surface area is 317 Å². The van der Waals surface area contributed by atoms with E-state index in [1.54, 1.807) is 5.57 Å². The van der Waals surface area contributed by atoms with Gasteiger partial charge in [-0.2, -0.15) is 0 Å². The maximum Gasteiger partial charge on any atom is 0.306 e. The Morgan fingerprint density at radius 3 is 2.12 bits per heavy atom. The van der Waals surface area contributed by atoms with Crippen LogP contribution >= 0.6 is 0 Å². The van der Waals surface area contributed by atoms with Crippen LogP contribution in [0.2, 0.25) is 0 Å². The molecular weight excluding hydrogens is 621 g/mol. The highest BCUT2D eigenvalue weighted by molar-refractivity contribution is 5.69. The fraction of sp³-hybridized carbons (Fsp3) is 0.857. The molecule has 0 aromatic rings. The Morgan fingerprint density at radius 1 is 0.765 bits per heavy atom. The SMILES string of the molecule is CCCCC/C=C\C/C=C\CCCCCCCCCCCC(=O)O[C@H]1CC[C@@]2(C)C(=CCC3C4CCC([C@H](C)CCCC(C)C)[C@@]4(C)CCC32)C1. The molecule has 8 atom stereocenters. The molecule has 4 aliphatic carbocycles. The topological polar surface area (TPSA) is 26.3 Å². The lowest BCUT2D eigenvalue weighted by atomic mass is 9.47. The first-order valence-electron chi connectivity index (χ1n) is 22.9. The van der Waals surface area contributed by atoms with E-state index in [1.807, 2.05) is 0 Å². The van der Waals surface area contributed by atoms with E-state index in [-0.39, 0.29) is 12.1 Å². The summed E-state index contributed by atoms with van der Waals surface area (Å²) in [6.07, 6.45) is 46.4. The highest BCUT2D eigenvalue weighted by atomic mass is 16.5. The van der Waals surface area contributed by atoms with Crippen molar-refractivity contribution in [1.82, 2.24) is 0 Å². The maximum atomic E-state index is 12.9. The summed E-state index contributed by atoms with van der Waals surface area (Å²) in [5, 5.41) is 0. The zero-order valence-corrected chi connectivity index (χ0v) is 34.8. The number of esters is 1. The van der Waals surface area contributed by atoms with Crippen molar-refractivity contribution in [2.75, 3.05) is 0 Å². The first kappa shape index (κ1) is 42.4. The number of hydrogen-bond acceptors (Lipinski definition) is 2. The van der Waals surface area contributed by atoms with Crippen LogP contribution in [0.25, 0.3) is 0 Å². The van der Waals surface area contributed by atoms with Gasteiger partial charge in [-0.15, -0.1) is 0 Å². The predicted molar refractivity (Wildman–Crippen MR) is 221 cm³/mol. The summed E-state index contributed by atoms with van der Waals surface area (Å²) in [6, 6.07) is 0. The molecule has 0 aromatic carbocycles. The fourth-order valence-electron chi connectivity index (χ4n) is 11.8. The third-order valence-electron chi connectivity index (χ3n) is 14.9. The van der Waals surface area contributed by atoms with Gasteiger partial charge in [0.05, 0.1) is 0 Å². The minimum Gasteiger partial charge on any atom is -0.462 e. The summed E-state index contributed by atoms with van der Waals surface area (Å²) in [5.74, 6) is 5.31. The van der Waals surface area contributed by atoms with Crippen LogP contribution in [0, 0.1) is 46.3 Å². The maximum absolute atomic E-state index is 12.9. The van der Waals surface area contributed by atoms with Crippen LogP contribution < -0.4 is 0 Å². The quantitative estimate of drug-likeness (QED) is 0.0568. The van der Waals surface area contributed by atoms with E-state index in [9.17, 15) is 4.79 Å². The molecule has 0 N–H and O–H groups in total. The molecule has 51 heavy (non-hydrogen) atoms. The van der Waals surface area contributed by atoms with Gasteiger partial charge in [0.25, 0.3) is 0 Å². The molecule has 0 aliphatic heterocycles. The van der Waals surface area contributed by atoms with Crippen molar-refractivity contribution in [3.63, 3.8) is 0 Å². The van der Waals surface area contributed by atoms with Gasteiger partial charge in [0.15, 0.2) is 0 Å². The smallest absolute Gasteiger partial charge is 0.306 e. The minimum absolute atomic E-state index is 0.0582. The number of hydrogen-bond donors (Lipinski definition) is 0. The molecule has 4 aliphatic rings. The van der Waals surface area contributed by atoms with E-state index in [0.717, 1.165) is 61.2 Å². The molecule has 3 fully saturated rings. The lowest BCUT2D eigenvalue weighted by molar-refractivity contribution is -0.151. The second-order valence-corrected chi connectivity index (χ2v) is 19.0. The molecule has 0 bridgehead atoms. The monoisotopic (exact) mass is 705 g/mol. The number of unbranched alkanes of at least 4 members (excludes halogenated alkanes) is 12. The van der Waals surface area contributed by atoms with Gasteiger partial charge in [-0.3, -0.25) is 4.79 Å². The average Bonchev–Trinajstić information content (AvgIpc) is 3.46. The first-order chi connectivity index (χ1) is 24.7. The summed E-state index contributed by atoms with van der Waals surface area (Å²) in [5.41, 5.74) is 2.52. The third kappa shape index (κ3) is 12.6. The van der Waals surface area contributed by atoms with Crippen molar-refractivity contribution in [2.45, 2.75) is 221 Å². The molecule has 0 radical (unpaired) electrons. The molecule has 2 heteroatoms. The molecule has 0 heterocycles. The Bertz CT molecular complexity index is 1080. The molecule has 4 unspecified atom stereocenters. The number of carbonyl (C=O) groups excluding carboxylic acids is 1. The fourth-order valence-corrected chi connectivity index (χ4v) is 11.8. The van der Waals surface area contributed by atoms with E-state index in [0.29, 0.717) is 17.3 Å². The number of allylic oxidation sites excluding steroid dienone is 5. The van der Waals surface area contributed by atoms with Crippen LogP contribution in [0.4, 0.5) is 0 Å². The van der Waals surface area contributed by atoms with Crippen LogP contribution in [-0.4, -0.2) is 12.1 Å². The Hall–Kier alpha value is -1.31. The van der Waals surface area contributed by atoms with Gasteiger partial charge in [0, 0.05) is 12.8 Å². The van der Waals surface area contributed by atoms with Gasteiger partial charge in [-0.1, -0.05) is 155 Å². The Morgan fingerprint density at radius 2 is 1.43 bits per heavy atom. The third-order valence-corrected chi connectivity index (χ3v) is 14.9. The Balaban J connectivity index is 1.05. The predicted octanol–water partition coefficient (Wildman–Crippen LogP) is 15.3. The lowest BCUT2D eigenvalue weighted by Crippen LogP contribution is -2.51. The second kappa shape index (κ2) is 22.2. The van der Waals surface area contributed by atoms with E-state index in [4.69, 9.17) is 4.74 Å². The normalized spacial score (nSPS) is 31.1. The molecule has 0 spiro atoms. The lowest BCUT2D eigenvalue weighted by Gasteiger charge is -2.58. The highest BCUT2D eigenvalue weighted by Crippen LogP contribution is 2.67. The molecule has 4 rings (SSSR count). The van der Waals surface area contributed by atoms with Gasteiger partial charge >= 0.3 is 5.97 Å². The van der Waals surface area contributed by atoms with Crippen molar-refractivity contribution in [2.24, 2.45) is 46.3 Å². The summed E-state index contributed by atoms with van der Waals surface area (Å²) >= 11 is 0. The molecule has 0 aromatic heterocycles. The van der Waals surface area contributed by atoms with E-state index < -0.39 is 0 Å². The van der Waals surface area contributed by atoms with E-state index in [1.165, 1.54) is 141 Å². The standard InChI is InChI=1S/C49H84O2/c1-7-8-9-10-11-12-13-14-15-16-17-18-19-20-21-22-23-24-25-29-47(50)51-42-34-36-48(5)41(38-42)30-31-43-45-33-32-44(40(4)28-26-27-39(2)3)49(45,6)37-35-46(43)48/h11-12,14-15,30,39-40,42-46H,7-10,13,16-29,31-38H2,1-6H3/b12-11-,15-14-/t40-,42+,43?,44?,45?,46?,48+,49-/m1/s1. The summed E-state index contributed by atoms with van der Waals surface area (Å²) in [6.45, 7) is 14.9. The van der Waals surface area contributed by atoms with Gasteiger partial charge in [0.2, 0.25) is 0 Å². The average molecular weight is 705 g/mol.